The lowest BCUT2D eigenvalue weighted by Gasteiger charge is -2.12. The first kappa shape index (κ1) is 10.5. The zero-order valence-corrected chi connectivity index (χ0v) is 8.03. The second-order valence-electron chi connectivity index (χ2n) is 3.09. The molecule has 76 valence electrons. The number of hydrogen-bond acceptors (Lipinski definition) is 4. The van der Waals surface area contributed by atoms with E-state index in [9.17, 15) is 9.90 Å². The van der Waals surface area contributed by atoms with Crippen LogP contribution in [0.2, 0.25) is 0 Å². The van der Waals surface area contributed by atoms with Gasteiger partial charge >= 0.3 is 0 Å². The predicted octanol–water partition coefficient (Wildman–Crippen LogP) is 0.720. The van der Waals surface area contributed by atoms with Crippen molar-refractivity contribution in [1.82, 2.24) is 0 Å². The van der Waals surface area contributed by atoms with Crippen LogP contribution in [0.25, 0.3) is 0 Å². The molecule has 0 amide bonds. The second kappa shape index (κ2) is 4.62. The van der Waals surface area contributed by atoms with Gasteiger partial charge in [0.05, 0.1) is 12.6 Å². The van der Waals surface area contributed by atoms with Gasteiger partial charge in [-0.2, -0.15) is 0 Å². The fourth-order valence-electron chi connectivity index (χ4n) is 1.10. The summed E-state index contributed by atoms with van der Waals surface area (Å²) < 4.78 is 0. The van der Waals surface area contributed by atoms with Crippen LogP contribution in [-0.4, -0.2) is 23.5 Å². The third-order valence-electron chi connectivity index (χ3n) is 1.91. The van der Waals surface area contributed by atoms with Crippen LogP contribution in [-0.2, 0) is 4.79 Å². The van der Waals surface area contributed by atoms with Crippen LogP contribution in [0.4, 0.5) is 5.69 Å². The summed E-state index contributed by atoms with van der Waals surface area (Å²) in [6.45, 7) is 1.76. The largest absolute Gasteiger partial charge is 0.508 e. The molecular formula is C10H14N2O2. The Balaban J connectivity index is 2.64. The Bertz CT molecular complexity index is 326. The molecule has 0 fully saturated rings. The molecule has 1 aromatic carbocycles. The van der Waals surface area contributed by atoms with Crippen LogP contribution in [0.3, 0.4) is 0 Å². The number of aromatic hydroxyl groups is 1. The topological polar surface area (TPSA) is 75.3 Å². The SMILES string of the molecule is C[C@@H](Nc1cccc(O)c1)C(=O)CN. The molecule has 1 atom stereocenters. The second-order valence-corrected chi connectivity index (χ2v) is 3.09. The van der Waals surface area contributed by atoms with Gasteiger partial charge in [0.15, 0.2) is 5.78 Å². The van der Waals surface area contributed by atoms with Crippen molar-refractivity contribution in [3.63, 3.8) is 0 Å². The van der Waals surface area contributed by atoms with Gasteiger partial charge in [0.25, 0.3) is 0 Å². The third kappa shape index (κ3) is 2.74. The van der Waals surface area contributed by atoms with Crippen molar-refractivity contribution in [2.45, 2.75) is 13.0 Å². The molecule has 0 aromatic heterocycles. The highest BCUT2D eigenvalue weighted by atomic mass is 16.3. The molecule has 0 heterocycles. The van der Waals surface area contributed by atoms with Gasteiger partial charge in [0, 0.05) is 11.8 Å². The number of rotatable bonds is 4. The third-order valence-corrected chi connectivity index (χ3v) is 1.91. The van der Waals surface area contributed by atoms with Crippen molar-refractivity contribution in [2.24, 2.45) is 5.73 Å². The summed E-state index contributed by atoms with van der Waals surface area (Å²) in [6.07, 6.45) is 0. The molecule has 1 aromatic rings. The summed E-state index contributed by atoms with van der Waals surface area (Å²) in [5.41, 5.74) is 5.93. The summed E-state index contributed by atoms with van der Waals surface area (Å²) in [4.78, 5) is 11.2. The monoisotopic (exact) mass is 194 g/mol. The maximum absolute atomic E-state index is 11.2. The minimum Gasteiger partial charge on any atom is -0.508 e. The zero-order valence-electron chi connectivity index (χ0n) is 8.03. The zero-order chi connectivity index (χ0) is 10.6. The number of phenolic OH excluding ortho intramolecular Hbond substituents is 1. The maximum atomic E-state index is 11.2. The molecular weight excluding hydrogens is 180 g/mol. The number of Topliss-reactive ketones (excluding diaryl/α,β-unsaturated/α-hetero) is 1. The van der Waals surface area contributed by atoms with Gasteiger partial charge in [-0.25, -0.2) is 0 Å². The fraction of sp³-hybridized carbons (Fsp3) is 0.300. The van der Waals surface area contributed by atoms with Crippen molar-refractivity contribution < 1.29 is 9.90 Å². The summed E-state index contributed by atoms with van der Waals surface area (Å²) in [7, 11) is 0. The van der Waals surface area contributed by atoms with Gasteiger partial charge in [-0.05, 0) is 19.1 Å². The number of benzene rings is 1. The molecule has 4 nitrogen and oxygen atoms in total. The standard InChI is InChI=1S/C10H14N2O2/c1-7(10(14)6-11)12-8-3-2-4-9(13)5-8/h2-5,7,12-13H,6,11H2,1H3/t7-/m1/s1. The highest BCUT2D eigenvalue weighted by Crippen LogP contribution is 2.16. The number of nitrogens with two attached hydrogens (primary N) is 1. The molecule has 4 N–H and O–H groups in total. The number of phenols is 1. The Hall–Kier alpha value is -1.55. The summed E-state index contributed by atoms with van der Waals surface area (Å²) in [6, 6.07) is 6.28. The Morgan fingerprint density at radius 1 is 1.64 bits per heavy atom. The fourth-order valence-corrected chi connectivity index (χ4v) is 1.10. The highest BCUT2D eigenvalue weighted by molar-refractivity contribution is 5.87. The van der Waals surface area contributed by atoms with Crippen molar-refractivity contribution in [3.05, 3.63) is 24.3 Å². The molecule has 0 saturated carbocycles. The average molecular weight is 194 g/mol. The molecule has 1 rings (SSSR count). The van der Waals surface area contributed by atoms with Crippen molar-refractivity contribution in [2.75, 3.05) is 11.9 Å². The number of nitrogens with one attached hydrogen (secondary N) is 1. The van der Waals surface area contributed by atoms with E-state index in [0.29, 0.717) is 5.69 Å². The summed E-state index contributed by atoms with van der Waals surface area (Å²) >= 11 is 0. The predicted molar refractivity (Wildman–Crippen MR) is 55.3 cm³/mol. The van der Waals surface area contributed by atoms with Gasteiger partial charge in [-0.15, -0.1) is 0 Å². The van der Waals surface area contributed by atoms with Crippen molar-refractivity contribution in [3.8, 4) is 5.75 Å². The summed E-state index contributed by atoms with van der Waals surface area (Å²) in [5.74, 6) is 0.107. The number of anilines is 1. The normalized spacial score (nSPS) is 12.1. The van der Waals surface area contributed by atoms with Crippen LogP contribution < -0.4 is 11.1 Å². The van der Waals surface area contributed by atoms with Crippen LogP contribution in [0, 0.1) is 0 Å². The van der Waals surface area contributed by atoms with Crippen molar-refractivity contribution in [1.29, 1.82) is 0 Å². The number of carbonyl (C=O) groups is 1. The van der Waals surface area contributed by atoms with E-state index in [2.05, 4.69) is 5.32 Å². The minimum atomic E-state index is -0.332. The highest BCUT2D eigenvalue weighted by Gasteiger charge is 2.09. The van der Waals surface area contributed by atoms with Gasteiger partial charge in [0.1, 0.15) is 5.75 Å². The first-order valence-electron chi connectivity index (χ1n) is 4.42. The van der Waals surface area contributed by atoms with Crippen LogP contribution >= 0.6 is 0 Å². The van der Waals surface area contributed by atoms with E-state index >= 15 is 0 Å². The van der Waals surface area contributed by atoms with E-state index in [0.717, 1.165) is 0 Å². The lowest BCUT2D eigenvalue weighted by Crippen LogP contribution is -2.31. The number of ketones is 1. The first-order chi connectivity index (χ1) is 6.63. The minimum absolute atomic E-state index is 0.0208. The lowest BCUT2D eigenvalue weighted by atomic mass is 10.2. The molecule has 0 aliphatic heterocycles. The van der Waals surface area contributed by atoms with E-state index < -0.39 is 0 Å². The molecule has 0 radical (unpaired) electrons. The number of hydrogen-bond donors (Lipinski definition) is 3. The van der Waals surface area contributed by atoms with E-state index in [-0.39, 0.29) is 24.1 Å². The van der Waals surface area contributed by atoms with Crippen LogP contribution in [0.15, 0.2) is 24.3 Å². The molecule has 0 unspecified atom stereocenters. The smallest absolute Gasteiger partial charge is 0.168 e. The van der Waals surface area contributed by atoms with E-state index in [1.807, 2.05) is 0 Å². The molecule has 4 heteroatoms. The molecule has 0 aliphatic rings. The van der Waals surface area contributed by atoms with Gasteiger partial charge in [0.2, 0.25) is 0 Å². The first-order valence-corrected chi connectivity index (χ1v) is 4.42. The molecule has 14 heavy (non-hydrogen) atoms. The van der Waals surface area contributed by atoms with Gasteiger partial charge in [-0.1, -0.05) is 6.07 Å². The Morgan fingerprint density at radius 3 is 2.93 bits per heavy atom. The van der Waals surface area contributed by atoms with E-state index in [1.165, 1.54) is 0 Å². The number of carbonyl (C=O) groups excluding carboxylic acids is 1. The van der Waals surface area contributed by atoms with E-state index in [4.69, 9.17) is 5.73 Å². The van der Waals surface area contributed by atoms with Crippen LogP contribution in [0.5, 0.6) is 5.75 Å². The average Bonchev–Trinajstić information content (AvgIpc) is 2.16. The quantitative estimate of drug-likeness (QED) is 0.660. The Morgan fingerprint density at radius 2 is 2.36 bits per heavy atom. The molecule has 0 aliphatic carbocycles. The Kier molecular flexibility index (Phi) is 3.48. The summed E-state index contributed by atoms with van der Waals surface area (Å²) in [5, 5.41) is 12.1. The van der Waals surface area contributed by atoms with Crippen molar-refractivity contribution >= 4 is 11.5 Å². The van der Waals surface area contributed by atoms with E-state index in [1.54, 1.807) is 31.2 Å². The maximum Gasteiger partial charge on any atom is 0.168 e. The molecule has 0 spiro atoms. The molecule has 0 bridgehead atoms. The lowest BCUT2D eigenvalue weighted by molar-refractivity contribution is -0.118. The van der Waals surface area contributed by atoms with Gasteiger partial charge < -0.3 is 16.2 Å². The van der Waals surface area contributed by atoms with Crippen LogP contribution in [0.1, 0.15) is 6.92 Å². The molecule has 0 saturated heterocycles. The van der Waals surface area contributed by atoms with Gasteiger partial charge in [-0.3, -0.25) is 4.79 Å². The Labute approximate surface area is 82.7 Å².